The summed E-state index contributed by atoms with van der Waals surface area (Å²) in [5.74, 6) is 0.749. The molecule has 0 saturated carbocycles. The second-order valence-corrected chi connectivity index (χ2v) is 10.5. The molecule has 36 heavy (non-hydrogen) atoms. The molecule has 6 nitrogen and oxygen atoms in total. The van der Waals surface area contributed by atoms with Crippen molar-refractivity contribution in [1.82, 2.24) is 9.80 Å². The second kappa shape index (κ2) is 11.7. The smallest absolute Gasteiger partial charge is 0.246 e. The maximum absolute atomic E-state index is 13.7. The van der Waals surface area contributed by atoms with Gasteiger partial charge >= 0.3 is 0 Å². The number of rotatable bonds is 9. The monoisotopic (exact) mass is 490 g/mol. The minimum absolute atomic E-state index is 0.121. The number of benzene rings is 2. The maximum Gasteiger partial charge on any atom is 0.246 e. The highest BCUT2D eigenvalue weighted by molar-refractivity contribution is 6.08. The number of carbonyl (C=O) groups excluding carboxylic acids is 3. The van der Waals surface area contributed by atoms with Crippen molar-refractivity contribution in [2.75, 3.05) is 6.54 Å². The Morgan fingerprint density at radius 3 is 2.33 bits per heavy atom. The van der Waals surface area contributed by atoms with Crippen molar-refractivity contribution in [2.24, 2.45) is 17.8 Å². The fraction of sp³-hybridized carbons (Fsp3) is 0.500. The van der Waals surface area contributed by atoms with Crippen LogP contribution >= 0.6 is 0 Å². The van der Waals surface area contributed by atoms with Gasteiger partial charge in [-0.25, -0.2) is 0 Å². The zero-order chi connectivity index (χ0) is 25.7. The van der Waals surface area contributed by atoms with E-state index in [2.05, 4.69) is 13.8 Å². The molecule has 192 valence electrons. The van der Waals surface area contributed by atoms with Gasteiger partial charge in [0.2, 0.25) is 17.7 Å². The standard InChI is InChI=1S/C30H38N2O4/c1-4-11-25-26(18-21(2)3)29(34)32(28(25)33)27-16-8-9-17-31(30(27)35)20-22-12-10-15-24(19-22)36-23-13-6-5-7-14-23/h5-7,10,12-15,19,21,25-27H,4,8-9,11,16-18,20H2,1-3H3/t25-,26+,27-/m0/s1. The molecule has 0 aromatic heterocycles. The van der Waals surface area contributed by atoms with E-state index in [0.717, 1.165) is 30.6 Å². The van der Waals surface area contributed by atoms with Crippen molar-refractivity contribution in [2.45, 2.75) is 71.9 Å². The summed E-state index contributed by atoms with van der Waals surface area (Å²) in [5.41, 5.74) is 0.957. The van der Waals surface area contributed by atoms with Crippen molar-refractivity contribution >= 4 is 17.7 Å². The largest absolute Gasteiger partial charge is 0.457 e. The topological polar surface area (TPSA) is 66.9 Å². The Labute approximate surface area is 214 Å². The van der Waals surface area contributed by atoms with E-state index in [1.165, 1.54) is 4.90 Å². The third-order valence-electron chi connectivity index (χ3n) is 7.23. The molecule has 0 radical (unpaired) electrons. The van der Waals surface area contributed by atoms with Crippen LogP contribution in [-0.4, -0.2) is 40.1 Å². The highest BCUT2D eigenvalue weighted by Gasteiger charge is 2.51. The summed E-state index contributed by atoms with van der Waals surface area (Å²) in [7, 11) is 0. The van der Waals surface area contributed by atoms with E-state index in [-0.39, 0.29) is 29.6 Å². The third kappa shape index (κ3) is 5.80. The molecule has 0 N–H and O–H groups in total. The molecule has 2 saturated heterocycles. The van der Waals surface area contributed by atoms with Crippen LogP contribution in [0.25, 0.3) is 0 Å². The molecule has 2 aromatic carbocycles. The normalized spacial score (nSPS) is 22.9. The molecule has 2 aliphatic heterocycles. The lowest BCUT2D eigenvalue weighted by atomic mass is 9.85. The van der Waals surface area contributed by atoms with E-state index in [0.29, 0.717) is 44.0 Å². The van der Waals surface area contributed by atoms with Gasteiger partial charge in [0, 0.05) is 13.1 Å². The fourth-order valence-electron chi connectivity index (χ4n) is 5.56. The molecular formula is C30H38N2O4. The molecule has 2 aromatic rings. The van der Waals surface area contributed by atoms with Crippen LogP contribution in [0.3, 0.4) is 0 Å². The molecule has 0 aliphatic carbocycles. The molecule has 0 bridgehead atoms. The van der Waals surface area contributed by atoms with Gasteiger partial charge < -0.3 is 9.64 Å². The number of likely N-dealkylation sites (tertiary alicyclic amines) is 2. The van der Waals surface area contributed by atoms with E-state index in [4.69, 9.17) is 4.74 Å². The van der Waals surface area contributed by atoms with E-state index >= 15 is 0 Å². The summed E-state index contributed by atoms with van der Waals surface area (Å²) in [6.45, 7) is 7.24. The minimum Gasteiger partial charge on any atom is -0.457 e. The second-order valence-electron chi connectivity index (χ2n) is 10.5. The molecule has 2 aliphatic rings. The van der Waals surface area contributed by atoms with Gasteiger partial charge in [-0.15, -0.1) is 0 Å². The van der Waals surface area contributed by atoms with Crippen LogP contribution in [-0.2, 0) is 20.9 Å². The van der Waals surface area contributed by atoms with E-state index in [1.54, 1.807) is 0 Å². The Balaban J connectivity index is 1.52. The SMILES string of the molecule is CCC[C@@H]1C(=O)N([C@H]2CCCCN(Cc3cccc(Oc4ccccc4)c3)C2=O)C(=O)[C@@H]1CC(C)C. The van der Waals surface area contributed by atoms with Crippen LogP contribution in [0.5, 0.6) is 11.5 Å². The Morgan fingerprint density at radius 1 is 0.889 bits per heavy atom. The lowest BCUT2D eigenvalue weighted by Gasteiger charge is -2.29. The van der Waals surface area contributed by atoms with Gasteiger partial charge in [0.25, 0.3) is 0 Å². The molecule has 3 atom stereocenters. The molecule has 4 rings (SSSR count). The predicted molar refractivity (Wildman–Crippen MR) is 139 cm³/mol. The van der Waals surface area contributed by atoms with Gasteiger partial charge in [-0.1, -0.05) is 57.5 Å². The Hall–Kier alpha value is -3.15. The van der Waals surface area contributed by atoms with Gasteiger partial charge in [-0.2, -0.15) is 0 Å². The maximum atomic E-state index is 13.7. The number of nitrogens with zero attached hydrogens (tertiary/aromatic N) is 2. The highest BCUT2D eigenvalue weighted by Crippen LogP contribution is 2.37. The van der Waals surface area contributed by atoms with Crippen molar-refractivity contribution in [3.8, 4) is 11.5 Å². The van der Waals surface area contributed by atoms with Gasteiger partial charge in [-0.05, 0) is 67.9 Å². The fourth-order valence-corrected chi connectivity index (χ4v) is 5.56. The average molecular weight is 491 g/mol. The molecular weight excluding hydrogens is 452 g/mol. The zero-order valence-electron chi connectivity index (χ0n) is 21.7. The van der Waals surface area contributed by atoms with Gasteiger partial charge in [-0.3, -0.25) is 19.3 Å². The predicted octanol–water partition coefficient (Wildman–Crippen LogP) is 5.81. The van der Waals surface area contributed by atoms with Gasteiger partial charge in [0.1, 0.15) is 17.5 Å². The summed E-state index contributed by atoms with van der Waals surface area (Å²) in [6, 6.07) is 16.6. The summed E-state index contributed by atoms with van der Waals surface area (Å²) in [6.07, 6.45) is 4.43. The first-order chi connectivity index (χ1) is 17.4. The van der Waals surface area contributed by atoms with E-state index < -0.39 is 6.04 Å². The lowest BCUT2D eigenvalue weighted by Crippen LogP contribution is -2.50. The summed E-state index contributed by atoms with van der Waals surface area (Å²) in [5, 5.41) is 0. The van der Waals surface area contributed by atoms with Crippen molar-refractivity contribution < 1.29 is 19.1 Å². The van der Waals surface area contributed by atoms with Crippen LogP contribution in [0, 0.1) is 17.8 Å². The first-order valence-electron chi connectivity index (χ1n) is 13.4. The zero-order valence-corrected chi connectivity index (χ0v) is 21.7. The molecule has 0 spiro atoms. The molecule has 3 amide bonds. The Bertz CT molecular complexity index is 1070. The van der Waals surface area contributed by atoms with Crippen molar-refractivity contribution in [1.29, 1.82) is 0 Å². The van der Waals surface area contributed by atoms with Crippen LogP contribution in [0.1, 0.15) is 64.9 Å². The third-order valence-corrected chi connectivity index (χ3v) is 7.23. The van der Waals surface area contributed by atoms with Crippen molar-refractivity contribution in [3.05, 3.63) is 60.2 Å². The van der Waals surface area contributed by atoms with Gasteiger partial charge in [0.05, 0.1) is 11.8 Å². The minimum atomic E-state index is -0.701. The first-order valence-corrected chi connectivity index (χ1v) is 13.4. The number of carbonyl (C=O) groups is 3. The first kappa shape index (κ1) is 25.9. The number of hydrogen-bond donors (Lipinski definition) is 0. The Kier molecular flexibility index (Phi) is 8.44. The number of hydrogen-bond acceptors (Lipinski definition) is 4. The summed E-state index contributed by atoms with van der Waals surface area (Å²) < 4.78 is 5.97. The number of imide groups is 1. The quantitative estimate of drug-likeness (QED) is 0.416. The van der Waals surface area contributed by atoms with Crippen LogP contribution in [0.4, 0.5) is 0 Å². The molecule has 2 heterocycles. The molecule has 2 fully saturated rings. The van der Waals surface area contributed by atoms with Crippen LogP contribution in [0.2, 0.25) is 0 Å². The summed E-state index contributed by atoms with van der Waals surface area (Å²) >= 11 is 0. The number of para-hydroxylation sites is 1. The number of amides is 3. The van der Waals surface area contributed by atoms with E-state index in [1.807, 2.05) is 66.4 Å². The lowest BCUT2D eigenvalue weighted by molar-refractivity contribution is -0.151. The highest BCUT2D eigenvalue weighted by atomic mass is 16.5. The van der Waals surface area contributed by atoms with Gasteiger partial charge in [0.15, 0.2) is 0 Å². The van der Waals surface area contributed by atoms with Crippen molar-refractivity contribution in [3.63, 3.8) is 0 Å². The molecule has 6 heteroatoms. The van der Waals surface area contributed by atoms with Crippen LogP contribution < -0.4 is 4.74 Å². The van der Waals surface area contributed by atoms with Crippen LogP contribution in [0.15, 0.2) is 54.6 Å². The Morgan fingerprint density at radius 2 is 1.61 bits per heavy atom. The van der Waals surface area contributed by atoms with E-state index in [9.17, 15) is 14.4 Å². The molecule has 0 unspecified atom stereocenters. The number of ether oxygens (including phenoxy) is 1. The summed E-state index contributed by atoms with van der Waals surface area (Å²) in [4.78, 5) is 43.9. The average Bonchev–Trinajstić information content (AvgIpc) is 2.96.